The number of hydrogen-bond acceptors (Lipinski definition) is 6. The van der Waals surface area contributed by atoms with E-state index in [0.717, 1.165) is 34.2 Å². The molecule has 2 aliphatic rings. The highest BCUT2D eigenvalue weighted by atomic mass is 35.5. The zero-order valence-electron chi connectivity index (χ0n) is 23.5. The number of thioether (sulfide) groups is 1. The van der Waals surface area contributed by atoms with Crippen molar-refractivity contribution in [1.29, 1.82) is 0 Å². The van der Waals surface area contributed by atoms with Gasteiger partial charge in [0.15, 0.2) is 0 Å². The molecule has 0 bridgehead atoms. The Morgan fingerprint density at radius 3 is 2.21 bits per heavy atom. The summed E-state index contributed by atoms with van der Waals surface area (Å²) in [6, 6.07) is 19.8. The minimum absolute atomic E-state index is 0.0921. The van der Waals surface area contributed by atoms with Crippen LogP contribution >= 0.6 is 34.7 Å². The predicted molar refractivity (Wildman–Crippen MR) is 168 cm³/mol. The molecule has 3 heterocycles. The highest BCUT2D eigenvalue weighted by Crippen LogP contribution is 2.54. The molecule has 1 aromatic heterocycles. The standard InChI is InChI=1S/C32H27ClFN3O4S2/c1-32(2,3)18-6-4-17(5-7-18)24-25-26(29(40)37(28(25)39)22-14-8-19(33)9-15-22)42-30-27(24)43-31(41)36(30)16-23(38)35-21-12-10-20(34)11-13-21/h4-15,24-26H,16H2,1-3H3,(H,35,38)/t24-,25?,26?/m0/s1. The van der Waals surface area contributed by atoms with Crippen LogP contribution in [0.2, 0.25) is 5.02 Å². The van der Waals surface area contributed by atoms with Crippen molar-refractivity contribution >= 4 is 63.8 Å². The fourth-order valence-electron chi connectivity index (χ4n) is 5.53. The Kier molecular flexibility index (Phi) is 7.56. The van der Waals surface area contributed by atoms with Gasteiger partial charge in [0.05, 0.1) is 16.6 Å². The normalized spacial score (nSPS) is 19.7. The average Bonchev–Trinajstić information content (AvgIpc) is 3.40. The number of nitrogens with zero attached hydrogens (tertiary/aromatic N) is 2. The van der Waals surface area contributed by atoms with Gasteiger partial charge in [-0.2, -0.15) is 0 Å². The zero-order chi connectivity index (χ0) is 30.6. The van der Waals surface area contributed by atoms with Gasteiger partial charge in [-0.15, -0.1) is 0 Å². The third-order valence-corrected chi connectivity index (χ3v) is 10.6. The number of amides is 3. The summed E-state index contributed by atoms with van der Waals surface area (Å²) in [7, 11) is 0. The van der Waals surface area contributed by atoms with Crippen LogP contribution in [0.4, 0.5) is 15.8 Å². The highest BCUT2D eigenvalue weighted by molar-refractivity contribution is 8.00. The summed E-state index contributed by atoms with van der Waals surface area (Å²) in [5, 5.41) is 2.87. The van der Waals surface area contributed by atoms with E-state index >= 15 is 0 Å². The number of thiazole rings is 1. The third kappa shape index (κ3) is 5.43. The lowest BCUT2D eigenvalue weighted by molar-refractivity contribution is -0.122. The number of carbonyl (C=O) groups is 3. The first-order chi connectivity index (χ1) is 20.4. The third-order valence-electron chi connectivity index (χ3n) is 7.70. The van der Waals surface area contributed by atoms with Crippen LogP contribution in [0, 0.1) is 11.7 Å². The second-order valence-electron chi connectivity index (χ2n) is 11.6. The van der Waals surface area contributed by atoms with Crippen LogP contribution in [0.1, 0.15) is 42.7 Å². The predicted octanol–water partition coefficient (Wildman–Crippen LogP) is 6.43. The fourth-order valence-corrected chi connectivity index (χ4v) is 8.43. The molecule has 43 heavy (non-hydrogen) atoms. The molecule has 1 N–H and O–H groups in total. The van der Waals surface area contributed by atoms with E-state index in [1.807, 2.05) is 24.3 Å². The summed E-state index contributed by atoms with van der Waals surface area (Å²) >= 11 is 8.20. The Morgan fingerprint density at radius 2 is 1.58 bits per heavy atom. The lowest BCUT2D eigenvalue weighted by Gasteiger charge is -2.31. The molecule has 220 valence electrons. The molecule has 3 aromatic carbocycles. The molecule has 0 spiro atoms. The molecule has 3 atom stereocenters. The van der Waals surface area contributed by atoms with Crippen LogP contribution in [0.25, 0.3) is 0 Å². The Balaban J connectivity index is 1.41. The van der Waals surface area contributed by atoms with E-state index in [-0.39, 0.29) is 28.6 Å². The number of anilines is 2. The maximum Gasteiger partial charge on any atom is 0.308 e. The number of rotatable bonds is 5. The number of fused-ring (bicyclic) bond motifs is 2. The average molecular weight is 636 g/mol. The first-order valence-electron chi connectivity index (χ1n) is 13.6. The molecular formula is C32H27ClFN3O4S2. The van der Waals surface area contributed by atoms with Gasteiger partial charge >= 0.3 is 4.87 Å². The summed E-state index contributed by atoms with van der Waals surface area (Å²) in [5.41, 5.74) is 2.65. The minimum Gasteiger partial charge on any atom is -0.325 e. The molecule has 1 fully saturated rings. The Bertz CT molecular complexity index is 1790. The lowest BCUT2D eigenvalue weighted by Crippen LogP contribution is -2.33. The van der Waals surface area contributed by atoms with Gasteiger partial charge in [0, 0.05) is 21.5 Å². The van der Waals surface area contributed by atoms with Crippen LogP contribution < -0.4 is 15.1 Å². The van der Waals surface area contributed by atoms with Crippen LogP contribution in [-0.4, -0.2) is 27.5 Å². The Hall–Kier alpha value is -3.73. The van der Waals surface area contributed by atoms with Crippen molar-refractivity contribution in [3.8, 4) is 0 Å². The van der Waals surface area contributed by atoms with Crippen LogP contribution in [0.3, 0.4) is 0 Å². The van der Waals surface area contributed by atoms with Crippen molar-refractivity contribution in [2.24, 2.45) is 5.92 Å². The van der Waals surface area contributed by atoms with Gasteiger partial charge in [0.25, 0.3) is 0 Å². The molecule has 1 saturated heterocycles. The molecule has 0 saturated carbocycles. The monoisotopic (exact) mass is 635 g/mol. The largest absolute Gasteiger partial charge is 0.325 e. The lowest BCUT2D eigenvalue weighted by atomic mass is 9.81. The summed E-state index contributed by atoms with van der Waals surface area (Å²) in [6.45, 7) is 6.03. The quantitative estimate of drug-likeness (QED) is 0.255. The second-order valence-corrected chi connectivity index (χ2v) is 14.1. The van der Waals surface area contributed by atoms with E-state index in [0.29, 0.717) is 26.3 Å². The van der Waals surface area contributed by atoms with Gasteiger partial charge in [0.2, 0.25) is 17.7 Å². The van der Waals surface area contributed by atoms with Crippen LogP contribution in [-0.2, 0) is 26.3 Å². The number of imide groups is 1. The molecule has 3 amide bonds. The van der Waals surface area contributed by atoms with Crippen molar-refractivity contribution in [3.63, 3.8) is 0 Å². The van der Waals surface area contributed by atoms with E-state index < -0.39 is 28.8 Å². The molecular weight excluding hydrogens is 609 g/mol. The van der Waals surface area contributed by atoms with Crippen molar-refractivity contribution < 1.29 is 18.8 Å². The number of nitrogens with one attached hydrogen (secondary N) is 1. The van der Waals surface area contributed by atoms with Crippen molar-refractivity contribution in [1.82, 2.24) is 4.57 Å². The van der Waals surface area contributed by atoms with Gasteiger partial charge in [-0.1, -0.05) is 79.7 Å². The molecule has 4 aromatic rings. The van der Waals surface area contributed by atoms with Gasteiger partial charge in [0.1, 0.15) is 17.6 Å². The number of benzene rings is 3. The molecule has 6 rings (SSSR count). The van der Waals surface area contributed by atoms with E-state index in [9.17, 15) is 23.6 Å². The summed E-state index contributed by atoms with van der Waals surface area (Å²) < 4.78 is 14.7. The molecule has 7 nitrogen and oxygen atoms in total. The van der Waals surface area contributed by atoms with E-state index in [1.54, 1.807) is 24.3 Å². The number of hydrogen-bond donors (Lipinski definition) is 1. The molecule has 11 heteroatoms. The maximum absolute atomic E-state index is 14.0. The van der Waals surface area contributed by atoms with E-state index in [1.165, 1.54) is 33.7 Å². The number of carbonyl (C=O) groups excluding carboxylic acids is 3. The highest BCUT2D eigenvalue weighted by Gasteiger charge is 2.56. The van der Waals surface area contributed by atoms with Gasteiger partial charge < -0.3 is 5.32 Å². The topological polar surface area (TPSA) is 88.5 Å². The summed E-state index contributed by atoms with van der Waals surface area (Å²) in [6.07, 6.45) is 0. The van der Waals surface area contributed by atoms with Crippen molar-refractivity contribution in [2.75, 3.05) is 10.2 Å². The number of halogens is 2. The SMILES string of the molecule is CC(C)(C)c1ccc([C@@H]2c3sc(=O)n(CC(=O)Nc4ccc(F)cc4)c3SC3C(=O)N(c4ccc(Cl)cc4)C(=O)C32)cc1. The molecule has 2 unspecified atom stereocenters. The van der Waals surface area contributed by atoms with Crippen molar-refractivity contribution in [2.45, 2.75) is 48.9 Å². The second kappa shape index (κ2) is 11.1. The smallest absolute Gasteiger partial charge is 0.308 e. The fraction of sp³-hybridized carbons (Fsp3) is 0.250. The molecule has 2 aliphatic heterocycles. The number of aromatic nitrogens is 1. The molecule has 0 radical (unpaired) electrons. The summed E-state index contributed by atoms with van der Waals surface area (Å²) in [5.74, 6) is -2.95. The molecule has 0 aliphatic carbocycles. The van der Waals surface area contributed by atoms with E-state index in [2.05, 4.69) is 26.1 Å². The summed E-state index contributed by atoms with van der Waals surface area (Å²) in [4.78, 5) is 55.7. The Labute approximate surface area is 260 Å². The Morgan fingerprint density at radius 1 is 0.930 bits per heavy atom. The van der Waals surface area contributed by atoms with Gasteiger partial charge in [-0.25, -0.2) is 9.29 Å². The van der Waals surface area contributed by atoms with Gasteiger partial charge in [-0.3, -0.25) is 23.7 Å². The first-order valence-corrected chi connectivity index (χ1v) is 15.7. The van der Waals surface area contributed by atoms with Crippen molar-refractivity contribution in [3.05, 3.63) is 109 Å². The maximum atomic E-state index is 14.0. The minimum atomic E-state index is -0.802. The van der Waals surface area contributed by atoms with Gasteiger partial charge in [-0.05, 0) is 65.1 Å². The van der Waals surface area contributed by atoms with Crippen LogP contribution in [0.5, 0.6) is 0 Å². The van der Waals surface area contributed by atoms with Crippen LogP contribution in [0.15, 0.2) is 82.6 Å². The van der Waals surface area contributed by atoms with E-state index in [4.69, 9.17) is 11.6 Å². The zero-order valence-corrected chi connectivity index (χ0v) is 25.9. The first kappa shape index (κ1) is 29.3.